The first-order chi connectivity index (χ1) is 14.2. The SMILES string of the molecule is O=C(Nc1cc([N+](=O)[O-])ccc1O)c1ccn(COc2ccc([N+](=O)[O-])cc2Cl)n1. The molecule has 13 heteroatoms. The van der Waals surface area contributed by atoms with Crippen LogP contribution in [0, 0.1) is 20.2 Å². The third kappa shape index (κ3) is 4.62. The summed E-state index contributed by atoms with van der Waals surface area (Å²) in [6.45, 7) is -0.146. The second-order valence-electron chi connectivity index (χ2n) is 5.80. The van der Waals surface area contributed by atoms with Gasteiger partial charge in [0.1, 0.15) is 11.5 Å². The maximum atomic E-state index is 12.3. The Morgan fingerprint density at radius 2 is 1.80 bits per heavy atom. The fourth-order valence-electron chi connectivity index (χ4n) is 2.33. The molecule has 3 aromatic rings. The Bertz CT molecular complexity index is 1150. The first kappa shape index (κ1) is 20.5. The Balaban J connectivity index is 1.66. The average molecular weight is 434 g/mol. The number of ether oxygens (including phenoxy) is 1. The molecule has 0 aliphatic rings. The van der Waals surface area contributed by atoms with Gasteiger partial charge in [0.15, 0.2) is 12.4 Å². The van der Waals surface area contributed by atoms with E-state index in [0.29, 0.717) is 0 Å². The lowest BCUT2D eigenvalue weighted by Gasteiger charge is -2.08. The highest BCUT2D eigenvalue weighted by Gasteiger charge is 2.16. The Labute approximate surface area is 172 Å². The number of hydrogen-bond donors (Lipinski definition) is 2. The predicted octanol–water partition coefficient (Wildman–Crippen LogP) is 3.35. The summed E-state index contributed by atoms with van der Waals surface area (Å²) in [5, 5.41) is 37.7. The second kappa shape index (κ2) is 8.45. The summed E-state index contributed by atoms with van der Waals surface area (Å²) < 4.78 is 6.69. The van der Waals surface area contributed by atoms with E-state index in [4.69, 9.17) is 16.3 Å². The summed E-state index contributed by atoms with van der Waals surface area (Å²) in [7, 11) is 0. The number of nitro benzene ring substituents is 2. The van der Waals surface area contributed by atoms with Crippen LogP contribution >= 0.6 is 11.6 Å². The molecule has 1 aromatic heterocycles. The lowest BCUT2D eigenvalue weighted by atomic mass is 10.2. The minimum absolute atomic E-state index is 0.0375. The monoisotopic (exact) mass is 433 g/mol. The zero-order valence-corrected chi connectivity index (χ0v) is 15.6. The quantitative estimate of drug-likeness (QED) is 0.325. The predicted molar refractivity (Wildman–Crippen MR) is 104 cm³/mol. The molecule has 0 saturated carbocycles. The third-order valence-electron chi connectivity index (χ3n) is 3.79. The number of anilines is 1. The van der Waals surface area contributed by atoms with Crippen molar-refractivity contribution in [1.29, 1.82) is 0 Å². The van der Waals surface area contributed by atoms with E-state index in [1.165, 1.54) is 29.1 Å². The largest absolute Gasteiger partial charge is 0.506 e. The molecule has 154 valence electrons. The number of phenols is 1. The van der Waals surface area contributed by atoms with Gasteiger partial charge >= 0.3 is 0 Å². The molecule has 2 aromatic carbocycles. The highest BCUT2D eigenvalue weighted by Crippen LogP contribution is 2.29. The second-order valence-corrected chi connectivity index (χ2v) is 6.21. The Morgan fingerprint density at radius 3 is 2.47 bits per heavy atom. The number of nitro groups is 2. The molecule has 0 aliphatic carbocycles. The zero-order chi connectivity index (χ0) is 21.8. The van der Waals surface area contributed by atoms with Gasteiger partial charge in [-0.15, -0.1) is 0 Å². The highest BCUT2D eigenvalue weighted by atomic mass is 35.5. The van der Waals surface area contributed by atoms with Crippen LogP contribution in [0.15, 0.2) is 48.7 Å². The normalized spacial score (nSPS) is 10.4. The van der Waals surface area contributed by atoms with E-state index in [1.807, 2.05) is 0 Å². The standard InChI is InChI=1S/C17H12ClN5O7/c18-12-7-10(22(26)27)2-4-16(12)30-9-21-6-5-13(20-21)17(25)19-14-8-11(23(28)29)1-3-15(14)24/h1-8,24H,9H2,(H,19,25). The van der Waals surface area contributed by atoms with Crippen LogP contribution in [0.4, 0.5) is 17.1 Å². The van der Waals surface area contributed by atoms with Crippen LogP contribution in [0.3, 0.4) is 0 Å². The Kier molecular flexibility index (Phi) is 5.78. The molecule has 2 N–H and O–H groups in total. The maximum Gasteiger partial charge on any atom is 0.276 e. The molecule has 1 amide bonds. The van der Waals surface area contributed by atoms with Crippen molar-refractivity contribution < 1.29 is 24.5 Å². The van der Waals surface area contributed by atoms with Gasteiger partial charge in [-0.25, -0.2) is 4.68 Å². The molecule has 0 fully saturated rings. The number of carbonyl (C=O) groups excluding carboxylic acids is 1. The molecule has 0 spiro atoms. The van der Waals surface area contributed by atoms with Crippen LogP contribution in [0.5, 0.6) is 11.5 Å². The Morgan fingerprint density at radius 1 is 1.13 bits per heavy atom. The van der Waals surface area contributed by atoms with Crippen molar-refractivity contribution in [1.82, 2.24) is 9.78 Å². The molecule has 0 unspecified atom stereocenters. The molecule has 12 nitrogen and oxygen atoms in total. The number of carbonyl (C=O) groups is 1. The molecular weight excluding hydrogens is 422 g/mol. The number of rotatable bonds is 7. The van der Waals surface area contributed by atoms with Crippen LogP contribution in [-0.2, 0) is 6.73 Å². The average Bonchev–Trinajstić information content (AvgIpc) is 3.17. The molecule has 30 heavy (non-hydrogen) atoms. The minimum Gasteiger partial charge on any atom is -0.506 e. The van der Waals surface area contributed by atoms with Gasteiger partial charge in [-0.1, -0.05) is 11.6 Å². The van der Waals surface area contributed by atoms with E-state index in [9.17, 15) is 30.1 Å². The number of phenolic OH excluding ortho intramolecular Hbond substituents is 1. The van der Waals surface area contributed by atoms with Crippen molar-refractivity contribution in [3.63, 3.8) is 0 Å². The van der Waals surface area contributed by atoms with Crippen LogP contribution in [0.25, 0.3) is 0 Å². The van der Waals surface area contributed by atoms with E-state index in [-0.39, 0.29) is 46.0 Å². The lowest BCUT2D eigenvalue weighted by molar-refractivity contribution is -0.385. The molecule has 0 saturated heterocycles. The zero-order valence-electron chi connectivity index (χ0n) is 14.9. The van der Waals surface area contributed by atoms with E-state index < -0.39 is 15.8 Å². The number of aromatic hydroxyl groups is 1. The van der Waals surface area contributed by atoms with Gasteiger partial charge in [0.25, 0.3) is 17.3 Å². The summed E-state index contributed by atoms with van der Waals surface area (Å²) in [5.74, 6) is -0.868. The number of halogens is 1. The lowest BCUT2D eigenvalue weighted by Crippen LogP contribution is -2.14. The smallest absolute Gasteiger partial charge is 0.276 e. The highest BCUT2D eigenvalue weighted by molar-refractivity contribution is 6.32. The molecule has 1 heterocycles. The molecule has 0 aliphatic heterocycles. The molecule has 3 rings (SSSR count). The first-order valence-corrected chi connectivity index (χ1v) is 8.51. The van der Waals surface area contributed by atoms with E-state index in [2.05, 4.69) is 10.4 Å². The topological polar surface area (TPSA) is 163 Å². The van der Waals surface area contributed by atoms with Gasteiger partial charge in [-0.3, -0.25) is 25.0 Å². The third-order valence-corrected chi connectivity index (χ3v) is 4.09. The van der Waals surface area contributed by atoms with E-state index >= 15 is 0 Å². The van der Waals surface area contributed by atoms with E-state index in [0.717, 1.165) is 24.3 Å². The fourth-order valence-corrected chi connectivity index (χ4v) is 2.56. The number of nitrogens with one attached hydrogen (secondary N) is 1. The fraction of sp³-hybridized carbons (Fsp3) is 0.0588. The van der Waals surface area contributed by atoms with Crippen LogP contribution in [0.1, 0.15) is 10.5 Å². The number of amides is 1. The number of hydrogen-bond acceptors (Lipinski definition) is 8. The van der Waals surface area contributed by atoms with Crippen molar-refractivity contribution >= 4 is 34.6 Å². The summed E-state index contributed by atoms with van der Waals surface area (Å²) in [6.07, 6.45) is 1.43. The molecular formula is C17H12ClN5O7. The summed E-state index contributed by atoms with van der Waals surface area (Å²) in [4.78, 5) is 32.6. The Hall–Kier alpha value is -4.19. The van der Waals surface area contributed by atoms with Crippen molar-refractivity contribution in [2.75, 3.05) is 5.32 Å². The van der Waals surface area contributed by atoms with Crippen LogP contribution in [-0.4, -0.2) is 30.6 Å². The van der Waals surface area contributed by atoms with Gasteiger partial charge in [-0.2, -0.15) is 5.10 Å². The van der Waals surface area contributed by atoms with Gasteiger partial charge in [0, 0.05) is 30.5 Å². The summed E-state index contributed by atoms with van der Waals surface area (Å²) in [6, 6.07) is 8.28. The van der Waals surface area contributed by atoms with Crippen molar-refractivity contribution in [2.24, 2.45) is 0 Å². The van der Waals surface area contributed by atoms with Crippen LogP contribution in [0.2, 0.25) is 5.02 Å². The molecule has 0 radical (unpaired) electrons. The van der Waals surface area contributed by atoms with E-state index in [1.54, 1.807) is 0 Å². The van der Waals surface area contributed by atoms with Crippen molar-refractivity contribution in [3.05, 3.63) is 79.6 Å². The van der Waals surface area contributed by atoms with Gasteiger partial charge in [-0.05, 0) is 18.2 Å². The maximum absolute atomic E-state index is 12.3. The molecule has 0 atom stereocenters. The van der Waals surface area contributed by atoms with Crippen molar-refractivity contribution in [2.45, 2.75) is 6.73 Å². The first-order valence-electron chi connectivity index (χ1n) is 8.13. The van der Waals surface area contributed by atoms with Gasteiger partial charge in [0.2, 0.25) is 0 Å². The number of benzene rings is 2. The van der Waals surface area contributed by atoms with Crippen LogP contribution < -0.4 is 10.1 Å². The summed E-state index contributed by atoms with van der Waals surface area (Å²) >= 11 is 5.94. The summed E-state index contributed by atoms with van der Waals surface area (Å²) in [5.41, 5.74) is -0.672. The van der Waals surface area contributed by atoms with Crippen molar-refractivity contribution in [3.8, 4) is 11.5 Å². The van der Waals surface area contributed by atoms with Gasteiger partial charge in [0.05, 0.1) is 20.6 Å². The number of non-ortho nitro benzene ring substituents is 2. The number of nitrogens with zero attached hydrogens (tertiary/aromatic N) is 4. The number of aromatic nitrogens is 2. The minimum atomic E-state index is -0.710. The molecule has 0 bridgehead atoms. The van der Waals surface area contributed by atoms with Gasteiger partial charge < -0.3 is 15.2 Å².